The summed E-state index contributed by atoms with van der Waals surface area (Å²) in [5.74, 6) is 0.903. The van der Waals surface area contributed by atoms with Gasteiger partial charge in [0.1, 0.15) is 5.75 Å². The fourth-order valence-corrected chi connectivity index (χ4v) is 2.11. The van der Waals surface area contributed by atoms with Gasteiger partial charge in [0.25, 0.3) is 0 Å². The van der Waals surface area contributed by atoms with Crippen LogP contribution in [0.5, 0.6) is 5.75 Å². The predicted octanol–water partition coefficient (Wildman–Crippen LogP) is 4.19. The molecule has 0 atom stereocenters. The molecule has 104 valence electrons. The minimum atomic E-state index is 0.581. The number of ether oxygens (including phenoxy) is 1. The zero-order chi connectivity index (χ0) is 14.2. The molecule has 0 unspecified atom stereocenters. The molecule has 0 aliphatic rings. The van der Waals surface area contributed by atoms with Gasteiger partial charge < -0.3 is 10.5 Å². The number of rotatable bonds is 7. The van der Waals surface area contributed by atoms with E-state index in [0.717, 1.165) is 25.0 Å². The molecule has 20 heavy (non-hydrogen) atoms. The van der Waals surface area contributed by atoms with Crippen LogP contribution in [0.1, 0.15) is 19.3 Å². The lowest BCUT2D eigenvalue weighted by molar-refractivity contribution is 0.308. The molecule has 0 radical (unpaired) electrons. The van der Waals surface area contributed by atoms with Gasteiger partial charge in [0.2, 0.25) is 0 Å². The lowest BCUT2D eigenvalue weighted by Crippen LogP contribution is -2.07. The van der Waals surface area contributed by atoms with Gasteiger partial charge in [-0.05, 0) is 42.5 Å². The summed E-state index contributed by atoms with van der Waals surface area (Å²) in [5.41, 5.74) is 7.87. The van der Waals surface area contributed by atoms with Crippen molar-refractivity contribution < 1.29 is 4.74 Å². The fraction of sp³-hybridized carbons (Fsp3) is 0.235. The monoisotopic (exact) mass is 285 g/mol. The molecule has 0 aliphatic carbocycles. The first kappa shape index (κ1) is 14.5. The molecular weight excluding hydrogens is 266 g/mol. The van der Waals surface area contributed by atoms with Crippen molar-refractivity contribution in [3.05, 3.63) is 54.6 Å². The molecule has 2 N–H and O–H groups in total. The Morgan fingerprint density at radius 2 is 1.55 bits per heavy atom. The molecule has 2 aromatic carbocycles. The van der Waals surface area contributed by atoms with Crippen molar-refractivity contribution in [2.24, 2.45) is 5.73 Å². The Balaban J connectivity index is 1.82. The zero-order valence-corrected chi connectivity index (χ0v) is 12.2. The van der Waals surface area contributed by atoms with E-state index < -0.39 is 0 Å². The van der Waals surface area contributed by atoms with Crippen LogP contribution in [-0.4, -0.2) is 11.6 Å². The van der Waals surface area contributed by atoms with Crippen molar-refractivity contribution in [3.63, 3.8) is 0 Å². The van der Waals surface area contributed by atoms with Crippen LogP contribution < -0.4 is 10.5 Å². The van der Waals surface area contributed by atoms with Crippen LogP contribution in [0.2, 0.25) is 0 Å². The second kappa shape index (κ2) is 7.65. The van der Waals surface area contributed by atoms with E-state index in [2.05, 4.69) is 24.3 Å². The Morgan fingerprint density at radius 3 is 2.20 bits per heavy atom. The smallest absolute Gasteiger partial charge is 0.119 e. The van der Waals surface area contributed by atoms with Crippen LogP contribution in [0.4, 0.5) is 0 Å². The Morgan fingerprint density at radius 1 is 0.900 bits per heavy atom. The van der Waals surface area contributed by atoms with Crippen LogP contribution in [-0.2, 0) is 0 Å². The average Bonchev–Trinajstić information content (AvgIpc) is 2.48. The van der Waals surface area contributed by atoms with E-state index in [4.69, 9.17) is 22.7 Å². The van der Waals surface area contributed by atoms with E-state index >= 15 is 0 Å². The molecule has 0 saturated heterocycles. The highest BCUT2D eigenvalue weighted by Crippen LogP contribution is 2.22. The summed E-state index contributed by atoms with van der Waals surface area (Å²) in [7, 11) is 0. The van der Waals surface area contributed by atoms with E-state index in [-0.39, 0.29) is 0 Å². The van der Waals surface area contributed by atoms with Gasteiger partial charge in [0.15, 0.2) is 0 Å². The van der Waals surface area contributed by atoms with E-state index in [0.29, 0.717) is 11.6 Å². The minimum absolute atomic E-state index is 0.581. The van der Waals surface area contributed by atoms with Gasteiger partial charge in [-0.2, -0.15) is 0 Å². The standard InChI is InChI=1S/C17H19NOS/c18-17(20)8-4-5-13-19-16-11-9-15(10-12-16)14-6-2-1-3-7-14/h1-3,6-7,9-12H,4-5,8,13H2,(H2,18,20). The highest BCUT2D eigenvalue weighted by atomic mass is 32.1. The number of thiocarbonyl (C=S) groups is 1. The molecule has 0 spiro atoms. The van der Waals surface area contributed by atoms with E-state index in [9.17, 15) is 0 Å². The molecular formula is C17H19NOS. The Hall–Kier alpha value is -1.87. The maximum absolute atomic E-state index is 5.69. The number of benzene rings is 2. The second-order valence-corrected chi connectivity index (χ2v) is 5.19. The van der Waals surface area contributed by atoms with Crippen LogP contribution >= 0.6 is 12.2 Å². The van der Waals surface area contributed by atoms with Gasteiger partial charge in [-0.25, -0.2) is 0 Å². The second-order valence-electron chi connectivity index (χ2n) is 4.66. The first-order valence-corrected chi connectivity index (χ1v) is 7.23. The van der Waals surface area contributed by atoms with Gasteiger partial charge in [-0.15, -0.1) is 0 Å². The molecule has 0 bridgehead atoms. The lowest BCUT2D eigenvalue weighted by Gasteiger charge is -2.07. The molecule has 2 rings (SSSR count). The zero-order valence-electron chi connectivity index (χ0n) is 11.4. The van der Waals surface area contributed by atoms with Gasteiger partial charge >= 0.3 is 0 Å². The SMILES string of the molecule is NC(=S)CCCCOc1ccc(-c2ccccc2)cc1. The highest BCUT2D eigenvalue weighted by molar-refractivity contribution is 7.80. The fourth-order valence-electron chi connectivity index (χ4n) is 1.97. The summed E-state index contributed by atoms with van der Waals surface area (Å²) in [6.45, 7) is 0.702. The van der Waals surface area contributed by atoms with Crippen LogP contribution in [0.15, 0.2) is 54.6 Å². The first-order chi connectivity index (χ1) is 9.75. The number of nitrogens with two attached hydrogens (primary N) is 1. The van der Waals surface area contributed by atoms with Gasteiger partial charge in [-0.3, -0.25) is 0 Å². The van der Waals surface area contributed by atoms with Crippen molar-refractivity contribution in [1.82, 2.24) is 0 Å². The number of hydrogen-bond donors (Lipinski definition) is 1. The summed E-state index contributed by atoms with van der Waals surface area (Å²) in [4.78, 5) is 0.581. The summed E-state index contributed by atoms with van der Waals surface area (Å²) < 4.78 is 5.69. The topological polar surface area (TPSA) is 35.2 Å². The summed E-state index contributed by atoms with van der Waals surface area (Å²) in [5, 5.41) is 0. The molecule has 0 aliphatic heterocycles. The maximum atomic E-state index is 5.69. The molecule has 0 aromatic heterocycles. The Bertz CT molecular complexity index is 537. The van der Waals surface area contributed by atoms with Crippen molar-refractivity contribution in [1.29, 1.82) is 0 Å². The van der Waals surface area contributed by atoms with Gasteiger partial charge in [-0.1, -0.05) is 54.7 Å². The van der Waals surface area contributed by atoms with Gasteiger partial charge in [0.05, 0.1) is 11.6 Å². The summed E-state index contributed by atoms with van der Waals surface area (Å²) in [6.07, 6.45) is 2.75. The highest BCUT2D eigenvalue weighted by Gasteiger charge is 1.98. The minimum Gasteiger partial charge on any atom is -0.494 e. The summed E-state index contributed by atoms with van der Waals surface area (Å²) in [6, 6.07) is 18.5. The third kappa shape index (κ3) is 4.67. The normalized spacial score (nSPS) is 10.2. The van der Waals surface area contributed by atoms with E-state index in [1.807, 2.05) is 30.3 Å². The lowest BCUT2D eigenvalue weighted by atomic mass is 10.1. The Kier molecular flexibility index (Phi) is 5.56. The van der Waals surface area contributed by atoms with E-state index in [1.165, 1.54) is 11.1 Å². The quantitative estimate of drug-likeness (QED) is 0.612. The third-order valence-electron chi connectivity index (χ3n) is 3.05. The summed E-state index contributed by atoms with van der Waals surface area (Å²) >= 11 is 4.84. The first-order valence-electron chi connectivity index (χ1n) is 6.82. The average molecular weight is 285 g/mol. The Labute approximate surface area is 125 Å². The molecule has 2 aromatic rings. The molecule has 3 heteroatoms. The van der Waals surface area contributed by atoms with E-state index in [1.54, 1.807) is 0 Å². The van der Waals surface area contributed by atoms with Gasteiger partial charge in [0, 0.05) is 0 Å². The molecule has 0 heterocycles. The van der Waals surface area contributed by atoms with Crippen LogP contribution in [0, 0.1) is 0 Å². The largest absolute Gasteiger partial charge is 0.494 e. The molecule has 0 fully saturated rings. The molecule has 2 nitrogen and oxygen atoms in total. The third-order valence-corrected chi connectivity index (χ3v) is 3.25. The molecule has 0 saturated carbocycles. The number of unbranched alkanes of at least 4 members (excludes halogenated alkanes) is 1. The van der Waals surface area contributed by atoms with Crippen molar-refractivity contribution in [3.8, 4) is 16.9 Å². The predicted molar refractivity (Wildman–Crippen MR) is 88.0 cm³/mol. The number of hydrogen-bond acceptors (Lipinski definition) is 2. The van der Waals surface area contributed by atoms with Crippen LogP contribution in [0.3, 0.4) is 0 Å². The van der Waals surface area contributed by atoms with Crippen molar-refractivity contribution in [2.45, 2.75) is 19.3 Å². The van der Waals surface area contributed by atoms with Crippen molar-refractivity contribution in [2.75, 3.05) is 6.61 Å². The van der Waals surface area contributed by atoms with Crippen LogP contribution in [0.25, 0.3) is 11.1 Å². The maximum Gasteiger partial charge on any atom is 0.119 e. The molecule has 0 amide bonds. The van der Waals surface area contributed by atoms with Crippen molar-refractivity contribution >= 4 is 17.2 Å².